The van der Waals surface area contributed by atoms with Crippen LogP contribution in [0.2, 0.25) is 0 Å². The zero-order valence-corrected chi connectivity index (χ0v) is 13.9. The van der Waals surface area contributed by atoms with E-state index in [0.717, 1.165) is 13.1 Å². The molecule has 24 heavy (non-hydrogen) atoms. The Morgan fingerprint density at radius 2 is 2.08 bits per heavy atom. The highest BCUT2D eigenvalue weighted by molar-refractivity contribution is 5.96. The first kappa shape index (κ1) is 16.6. The van der Waals surface area contributed by atoms with Gasteiger partial charge >= 0.3 is 0 Å². The number of hydrogen-bond acceptors (Lipinski definition) is 6. The molecule has 0 bridgehead atoms. The summed E-state index contributed by atoms with van der Waals surface area (Å²) in [6.45, 7) is 6.31. The van der Waals surface area contributed by atoms with E-state index in [9.17, 15) is 10.1 Å². The molecule has 1 aliphatic heterocycles. The molecule has 1 aromatic heterocycles. The monoisotopic (exact) mass is 329 g/mol. The van der Waals surface area contributed by atoms with Crippen LogP contribution >= 0.6 is 0 Å². The fraction of sp³-hybridized carbons (Fsp3) is 0.529. The molecule has 3 rings (SSSR count). The Bertz CT molecular complexity index is 710. The molecule has 2 heterocycles. The molecule has 1 fully saturated rings. The zero-order chi connectivity index (χ0) is 16.9. The Morgan fingerprint density at radius 3 is 2.83 bits per heavy atom. The van der Waals surface area contributed by atoms with Crippen molar-refractivity contribution in [3.63, 3.8) is 0 Å². The smallest absolute Gasteiger partial charge is 0.282 e. The van der Waals surface area contributed by atoms with Crippen LogP contribution in [0.15, 0.2) is 24.5 Å². The van der Waals surface area contributed by atoms with Gasteiger partial charge in [0, 0.05) is 19.2 Å². The SMILES string of the molecule is C[C@@H](CNc1ncnc2cccc([N+](=O)[O-])c12)CN1CCCCC1. The number of hydrogen-bond donors (Lipinski definition) is 1. The van der Waals surface area contributed by atoms with Gasteiger partial charge < -0.3 is 10.2 Å². The second-order valence-electron chi connectivity index (χ2n) is 6.50. The quantitative estimate of drug-likeness (QED) is 0.647. The van der Waals surface area contributed by atoms with Gasteiger partial charge in [0.15, 0.2) is 0 Å². The molecule has 1 saturated heterocycles. The van der Waals surface area contributed by atoms with Crippen LogP contribution in [0.25, 0.3) is 10.9 Å². The minimum Gasteiger partial charge on any atom is -0.369 e. The lowest BCUT2D eigenvalue weighted by atomic mass is 10.1. The first-order valence-corrected chi connectivity index (χ1v) is 8.49. The Labute approximate surface area is 141 Å². The second kappa shape index (κ2) is 7.53. The molecule has 7 nitrogen and oxygen atoms in total. The number of rotatable bonds is 6. The van der Waals surface area contributed by atoms with Crippen molar-refractivity contribution in [3.8, 4) is 0 Å². The number of nitrogens with one attached hydrogen (secondary N) is 1. The van der Waals surface area contributed by atoms with Crippen LogP contribution in [0.1, 0.15) is 26.2 Å². The first-order valence-electron chi connectivity index (χ1n) is 8.49. The molecule has 0 unspecified atom stereocenters. The van der Waals surface area contributed by atoms with Crippen molar-refractivity contribution < 1.29 is 4.92 Å². The van der Waals surface area contributed by atoms with Crippen molar-refractivity contribution >= 4 is 22.4 Å². The lowest BCUT2D eigenvalue weighted by Gasteiger charge is -2.29. The number of likely N-dealkylation sites (tertiary alicyclic amines) is 1. The number of benzene rings is 1. The maximum atomic E-state index is 11.3. The van der Waals surface area contributed by atoms with Crippen LogP contribution in [-0.2, 0) is 0 Å². The molecule has 1 atom stereocenters. The highest BCUT2D eigenvalue weighted by Crippen LogP contribution is 2.29. The van der Waals surface area contributed by atoms with E-state index in [2.05, 4.69) is 27.1 Å². The molecule has 0 saturated carbocycles. The Morgan fingerprint density at radius 1 is 1.29 bits per heavy atom. The summed E-state index contributed by atoms with van der Waals surface area (Å²) >= 11 is 0. The number of fused-ring (bicyclic) bond motifs is 1. The number of nitrogens with zero attached hydrogens (tertiary/aromatic N) is 4. The third-order valence-electron chi connectivity index (χ3n) is 4.47. The minimum absolute atomic E-state index is 0.0410. The van der Waals surface area contributed by atoms with Gasteiger partial charge in [-0.25, -0.2) is 9.97 Å². The van der Waals surface area contributed by atoms with E-state index >= 15 is 0 Å². The van der Waals surface area contributed by atoms with E-state index in [1.165, 1.54) is 44.7 Å². The summed E-state index contributed by atoms with van der Waals surface area (Å²) in [7, 11) is 0. The van der Waals surface area contributed by atoms with Gasteiger partial charge in [-0.1, -0.05) is 19.4 Å². The van der Waals surface area contributed by atoms with Gasteiger partial charge in [0.25, 0.3) is 5.69 Å². The van der Waals surface area contributed by atoms with Crippen molar-refractivity contribution in [1.82, 2.24) is 14.9 Å². The predicted octanol–water partition coefficient (Wildman–Crippen LogP) is 3.07. The fourth-order valence-electron chi connectivity index (χ4n) is 3.30. The second-order valence-corrected chi connectivity index (χ2v) is 6.50. The van der Waals surface area contributed by atoms with E-state index in [1.54, 1.807) is 12.1 Å². The molecule has 2 aromatic rings. The van der Waals surface area contributed by atoms with E-state index in [0.29, 0.717) is 22.6 Å². The Balaban J connectivity index is 1.71. The van der Waals surface area contributed by atoms with E-state index < -0.39 is 0 Å². The van der Waals surface area contributed by atoms with E-state index in [-0.39, 0.29) is 10.6 Å². The van der Waals surface area contributed by atoms with Crippen LogP contribution in [0.3, 0.4) is 0 Å². The van der Waals surface area contributed by atoms with Crippen molar-refractivity contribution in [3.05, 3.63) is 34.6 Å². The van der Waals surface area contributed by atoms with Gasteiger partial charge in [-0.05, 0) is 37.9 Å². The number of piperidine rings is 1. The lowest BCUT2D eigenvalue weighted by molar-refractivity contribution is -0.383. The topological polar surface area (TPSA) is 84.2 Å². The molecular weight excluding hydrogens is 306 g/mol. The summed E-state index contributed by atoms with van der Waals surface area (Å²) in [6, 6.07) is 4.91. The number of anilines is 1. The fourth-order valence-corrected chi connectivity index (χ4v) is 3.30. The van der Waals surface area contributed by atoms with Crippen LogP contribution < -0.4 is 5.32 Å². The van der Waals surface area contributed by atoms with Crippen LogP contribution in [0.5, 0.6) is 0 Å². The zero-order valence-electron chi connectivity index (χ0n) is 13.9. The van der Waals surface area contributed by atoms with Crippen LogP contribution in [0.4, 0.5) is 11.5 Å². The molecule has 1 aliphatic rings. The first-order chi connectivity index (χ1) is 11.6. The molecule has 0 spiro atoms. The Hall–Kier alpha value is -2.28. The number of nitro groups is 1. The van der Waals surface area contributed by atoms with Crippen LogP contribution in [-0.4, -0.2) is 46.0 Å². The third-order valence-corrected chi connectivity index (χ3v) is 4.47. The molecule has 0 aliphatic carbocycles. The number of aromatic nitrogens is 2. The van der Waals surface area contributed by atoms with Crippen molar-refractivity contribution in [2.24, 2.45) is 5.92 Å². The van der Waals surface area contributed by atoms with Gasteiger partial charge in [-0.3, -0.25) is 10.1 Å². The van der Waals surface area contributed by atoms with E-state index in [4.69, 9.17) is 0 Å². The van der Waals surface area contributed by atoms with Gasteiger partial charge in [0.2, 0.25) is 0 Å². The van der Waals surface area contributed by atoms with Crippen molar-refractivity contribution in [2.45, 2.75) is 26.2 Å². The number of nitro benzene ring substituents is 1. The standard InChI is InChI=1S/C17H23N5O2/c1-13(11-21-8-3-2-4-9-21)10-18-17-16-14(19-12-20-17)6-5-7-15(16)22(23)24/h5-7,12-13H,2-4,8-11H2,1H3,(H,18,19,20)/t13-/m0/s1. The highest BCUT2D eigenvalue weighted by atomic mass is 16.6. The van der Waals surface area contributed by atoms with Gasteiger partial charge in [0.05, 0.1) is 10.4 Å². The average Bonchev–Trinajstić information content (AvgIpc) is 2.60. The maximum Gasteiger partial charge on any atom is 0.282 e. The molecule has 7 heteroatoms. The molecule has 1 N–H and O–H groups in total. The van der Waals surface area contributed by atoms with Gasteiger partial charge in [-0.2, -0.15) is 0 Å². The predicted molar refractivity (Wildman–Crippen MR) is 94.1 cm³/mol. The largest absolute Gasteiger partial charge is 0.369 e. The maximum absolute atomic E-state index is 11.3. The molecule has 128 valence electrons. The summed E-state index contributed by atoms with van der Waals surface area (Å²) in [5.41, 5.74) is 0.629. The van der Waals surface area contributed by atoms with E-state index in [1.807, 2.05) is 0 Å². The van der Waals surface area contributed by atoms with Gasteiger partial charge in [0.1, 0.15) is 17.5 Å². The normalized spacial score (nSPS) is 16.9. The summed E-state index contributed by atoms with van der Waals surface area (Å²) in [5, 5.41) is 15.1. The lowest BCUT2D eigenvalue weighted by Crippen LogP contribution is -2.35. The van der Waals surface area contributed by atoms with Crippen LogP contribution in [0, 0.1) is 16.0 Å². The van der Waals surface area contributed by atoms with Crippen molar-refractivity contribution in [2.75, 3.05) is 31.5 Å². The summed E-state index contributed by atoms with van der Waals surface area (Å²) in [5.74, 6) is 0.980. The molecular formula is C17H23N5O2. The highest BCUT2D eigenvalue weighted by Gasteiger charge is 2.18. The number of non-ortho nitro benzene ring substituents is 1. The van der Waals surface area contributed by atoms with Crippen molar-refractivity contribution in [1.29, 1.82) is 0 Å². The average molecular weight is 329 g/mol. The Kier molecular flexibility index (Phi) is 5.20. The summed E-state index contributed by atoms with van der Waals surface area (Å²) in [6.07, 6.45) is 5.34. The molecule has 0 radical (unpaired) electrons. The molecule has 1 aromatic carbocycles. The third kappa shape index (κ3) is 3.79. The minimum atomic E-state index is -0.381. The van der Waals surface area contributed by atoms with Gasteiger partial charge in [-0.15, -0.1) is 0 Å². The summed E-state index contributed by atoms with van der Waals surface area (Å²) < 4.78 is 0. The summed E-state index contributed by atoms with van der Waals surface area (Å²) in [4.78, 5) is 21.8. The molecule has 0 amide bonds.